The van der Waals surface area contributed by atoms with Crippen molar-refractivity contribution < 1.29 is 32.8 Å². The van der Waals surface area contributed by atoms with Crippen LogP contribution in [-0.2, 0) is 6.42 Å². The van der Waals surface area contributed by atoms with E-state index in [9.17, 15) is 32.9 Å². The smallest absolute Gasteiger partial charge is 0.336 e. The number of hydrogen-bond donors (Lipinski definition) is 1. The molecule has 2 aromatic carbocycles. The van der Waals surface area contributed by atoms with Gasteiger partial charge in [0.25, 0.3) is 5.69 Å². The monoisotopic (exact) mass is 353 g/mol. The highest BCUT2D eigenvalue weighted by molar-refractivity contribution is 6.09. The number of hydrogen-bond acceptors (Lipinski definition) is 4. The standard InChI is InChI=1S/C16H10F3NO5/c1-7-11(18)6-10(16(22)23)14(15(7)20(24)25)13(21)4-8-2-3-9(17)5-12(8)19/h2-3,5-6H,4H2,1H3,(H,22,23). The number of carbonyl (C=O) groups is 2. The van der Waals surface area contributed by atoms with Gasteiger partial charge in [0, 0.05) is 12.5 Å². The summed E-state index contributed by atoms with van der Waals surface area (Å²) >= 11 is 0. The number of aromatic carboxylic acids is 1. The fraction of sp³-hybridized carbons (Fsp3) is 0.125. The van der Waals surface area contributed by atoms with Gasteiger partial charge in [-0.3, -0.25) is 14.9 Å². The molecule has 0 saturated carbocycles. The number of halogens is 3. The molecule has 9 heteroatoms. The second-order valence-electron chi connectivity index (χ2n) is 5.15. The molecule has 2 rings (SSSR count). The van der Waals surface area contributed by atoms with Crippen molar-refractivity contribution in [1.29, 1.82) is 0 Å². The van der Waals surface area contributed by atoms with Gasteiger partial charge in [0.15, 0.2) is 5.78 Å². The number of benzene rings is 2. The minimum absolute atomic E-state index is 0.279. The number of carbonyl (C=O) groups excluding carboxylic acids is 1. The van der Waals surface area contributed by atoms with Crippen molar-refractivity contribution in [3.05, 3.63) is 74.1 Å². The molecule has 0 aliphatic rings. The molecule has 0 fully saturated rings. The lowest BCUT2D eigenvalue weighted by Crippen LogP contribution is -2.16. The molecule has 25 heavy (non-hydrogen) atoms. The van der Waals surface area contributed by atoms with Gasteiger partial charge in [-0.05, 0) is 24.6 Å². The number of ketones is 1. The minimum Gasteiger partial charge on any atom is -0.478 e. The lowest BCUT2D eigenvalue weighted by molar-refractivity contribution is -0.385. The van der Waals surface area contributed by atoms with Crippen molar-refractivity contribution in [2.24, 2.45) is 0 Å². The Morgan fingerprint density at radius 2 is 1.80 bits per heavy atom. The van der Waals surface area contributed by atoms with Crippen molar-refractivity contribution in [2.75, 3.05) is 0 Å². The highest BCUT2D eigenvalue weighted by Crippen LogP contribution is 2.31. The average molecular weight is 353 g/mol. The zero-order valence-corrected chi connectivity index (χ0v) is 12.7. The fourth-order valence-corrected chi connectivity index (χ4v) is 2.34. The summed E-state index contributed by atoms with van der Waals surface area (Å²) in [5.74, 6) is -5.95. The first-order valence-electron chi connectivity index (χ1n) is 6.81. The average Bonchev–Trinajstić information content (AvgIpc) is 2.51. The van der Waals surface area contributed by atoms with Crippen molar-refractivity contribution in [2.45, 2.75) is 13.3 Å². The second kappa shape index (κ2) is 6.71. The van der Waals surface area contributed by atoms with Crippen molar-refractivity contribution >= 4 is 17.4 Å². The van der Waals surface area contributed by atoms with E-state index in [4.69, 9.17) is 5.11 Å². The number of nitro groups is 1. The minimum atomic E-state index is -1.75. The van der Waals surface area contributed by atoms with Crippen LogP contribution in [0.4, 0.5) is 18.9 Å². The Labute approximate surface area is 138 Å². The maximum atomic E-state index is 13.8. The zero-order chi connectivity index (χ0) is 18.9. The summed E-state index contributed by atoms with van der Waals surface area (Å²) in [6.07, 6.45) is -0.752. The van der Waals surface area contributed by atoms with Crippen LogP contribution in [0, 0.1) is 34.5 Å². The van der Waals surface area contributed by atoms with E-state index in [1.54, 1.807) is 0 Å². The van der Waals surface area contributed by atoms with Crippen LogP contribution in [0.2, 0.25) is 0 Å². The van der Waals surface area contributed by atoms with Gasteiger partial charge in [0.05, 0.1) is 16.1 Å². The third-order valence-electron chi connectivity index (χ3n) is 3.55. The molecule has 0 aliphatic heterocycles. The molecule has 0 amide bonds. The summed E-state index contributed by atoms with van der Waals surface area (Å²) < 4.78 is 40.4. The Morgan fingerprint density at radius 1 is 1.16 bits per heavy atom. The molecular formula is C16H10F3NO5. The molecule has 2 aromatic rings. The van der Waals surface area contributed by atoms with E-state index < -0.39 is 62.9 Å². The molecule has 130 valence electrons. The number of carboxylic acids is 1. The highest BCUT2D eigenvalue weighted by Gasteiger charge is 2.32. The number of Topliss-reactive ketones (excluding diaryl/α,β-unsaturated/α-hetero) is 1. The Kier molecular flexibility index (Phi) is 4.87. The van der Waals surface area contributed by atoms with Crippen molar-refractivity contribution in [3.63, 3.8) is 0 Å². The summed E-state index contributed by atoms with van der Waals surface area (Å²) in [4.78, 5) is 33.8. The molecular weight excluding hydrogens is 343 g/mol. The first-order chi connectivity index (χ1) is 11.6. The van der Waals surface area contributed by atoms with Gasteiger partial charge in [0.1, 0.15) is 23.0 Å². The molecule has 0 unspecified atom stereocenters. The molecule has 0 saturated heterocycles. The van der Waals surface area contributed by atoms with Crippen LogP contribution < -0.4 is 0 Å². The summed E-state index contributed by atoms with van der Waals surface area (Å²) in [5, 5.41) is 20.3. The largest absolute Gasteiger partial charge is 0.478 e. The van der Waals surface area contributed by atoms with Gasteiger partial charge in [-0.15, -0.1) is 0 Å². The van der Waals surface area contributed by atoms with Gasteiger partial charge in [-0.1, -0.05) is 6.07 Å². The van der Waals surface area contributed by atoms with E-state index in [-0.39, 0.29) is 5.56 Å². The molecule has 6 nitrogen and oxygen atoms in total. The molecule has 0 spiro atoms. The lowest BCUT2D eigenvalue weighted by Gasteiger charge is -2.10. The van der Waals surface area contributed by atoms with E-state index in [2.05, 4.69) is 0 Å². The molecule has 0 bridgehead atoms. The Morgan fingerprint density at radius 3 is 2.32 bits per heavy atom. The second-order valence-corrected chi connectivity index (χ2v) is 5.15. The van der Waals surface area contributed by atoms with E-state index in [0.29, 0.717) is 12.1 Å². The predicted molar refractivity (Wildman–Crippen MR) is 79.1 cm³/mol. The summed E-state index contributed by atoms with van der Waals surface area (Å²) in [6.45, 7) is 1.02. The number of nitrogens with zero attached hydrogens (tertiary/aromatic N) is 1. The normalized spacial score (nSPS) is 10.6. The number of nitro benzene ring substituents is 1. The Hall–Kier alpha value is -3.23. The van der Waals surface area contributed by atoms with Crippen LogP contribution in [0.15, 0.2) is 24.3 Å². The lowest BCUT2D eigenvalue weighted by atomic mass is 9.94. The molecule has 0 atom stereocenters. The van der Waals surface area contributed by atoms with Gasteiger partial charge in [0.2, 0.25) is 0 Å². The Balaban J connectivity index is 2.63. The van der Waals surface area contributed by atoms with E-state index in [0.717, 1.165) is 19.1 Å². The van der Waals surface area contributed by atoms with Crippen LogP contribution >= 0.6 is 0 Å². The first kappa shape index (κ1) is 18.1. The van der Waals surface area contributed by atoms with Crippen LogP contribution in [0.25, 0.3) is 0 Å². The number of rotatable bonds is 5. The molecule has 0 aromatic heterocycles. The maximum Gasteiger partial charge on any atom is 0.336 e. The van der Waals surface area contributed by atoms with E-state index in [1.165, 1.54) is 0 Å². The van der Waals surface area contributed by atoms with Gasteiger partial charge >= 0.3 is 5.97 Å². The third kappa shape index (κ3) is 3.49. The van der Waals surface area contributed by atoms with Gasteiger partial charge in [-0.2, -0.15) is 0 Å². The van der Waals surface area contributed by atoms with Crippen LogP contribution in [0.3, 0.4) is 0 Å². The molecule has 0 heterocycles. The van der Waals surface area contributed by atoms with Gasteiger partial charge in [-0.25, -0.2) is 18.0 Å². The van der Waals surface area contributed by atoms with E-state index >= 15 is 0 Å². The van der Waals surface area contributed by atoms with E-state index in [1.807, 2.05) is 0 Å². The fourth-order valence-electron chi connectivity index (χ4n) is 2.34. The molecule has 0 aliphatic carbocycles. The number of carboxylic acid groups (broad SMARTS) is 1. The van der Waals surface area contributed by atoms with Crippen LogP contribution in [-0.4, -0.2) is 21.8 Å². The van der Waals surface area contributed by atoms with Crippen LogP contribution in [0.1, 0.15) is 31.8 Å². The Bertz CT molecular complexity index is 911. The van der Waals surface area contributed by atoms with Gasteiger partial charge < -0.3 is 5.11 Å². The molecule has 0 radical (unpaired) electrons. The summed E-state index contributed by atoms with van der Waals surface area (Å²) in [7, 11) is 0. The maximum absolute atomic E-state index is 13.8. The van der Waals surface area contributed by atoms with Crippen LogP contribution in [0.5, 0.6) is 0 Å². The van der Waals surface area contributed by atoms with Crippen molar-refractivity contribution in [1.82, 2.24) is 0 Å². The summed E-state index contributed by atoms with van der Waals surface area (Å²) in [6, 6.07) is 2.86. The van der Waals surface area contributed by atoms with Crippen molar-refractivity contribution in [3.8, 4) is 0 Å². The SMILES string of the molecule is Cc1c(F)cc(C(=O)O)c(C(=O)Cc2ccc(F)cc2F)c1[N+](=O)[O-]. The summed E-state index contributed by atoms with van der Waals surface area (Å²) in [5.41, 5.74) is -3.52. The quantitative estimate of drug-likeness (QED) is 0.504. The zero-order valence-electron chi connectivity index (χ0n) is 12.7. The third-order valence-corrected chi connectivity index (χ3v) is 3.55. The first-order valence-corrected chi connectivity index (χ1v) is 6.81. The molecule has 1 N–H and O–H groups in total. The topological polar surface area (TPSA) is 97.5 Å². The highest BCUT2D eigenvalue weighted by atomic mass is 19.1. The predicted octanol–water partition coefficient (Wildman–Crippen LogP) is 3.44.